The van der Waals surface area contributed by atoms with Gasteiger partial charge in [-0.05, 0) is 45.4 Å². The summed E-state index contributed by atoms with van der Waals surface area (Å²) in [5, 5.41) is 13.5. The first-order valence-electron chi connectivity index (χ1n) is 10.2. The second kappa shape index (κ2) is 9.84. The van der Waals surface area contributed by atoms with E-state index in [2.05, 4.69) is 5.29 Å². The van der Waals surface area contributed by atoms with Gasteiger partial charge >= 0.3 is 11.9 Å². The van der Waals surface area contributed by atoms with Gasteiger partial charge in [-0.2, -0.15) is 0 Å². The van der Waals surface area contributed by atoms with Crippen molar-refractivity contribution in [3.8, 4) is 0 Å². The molecule has 5 atom stereocenters. The van der Waals surface area contributed by atoms with E-state index in [1.54, 1.807) is 6.92 Å². The van der Waals surface area contributed by atoms with Crippen molar-refractivity contribution < 1.29 is 24.2 Å². The third kappa shape index (κ3) is 4.44. The number of likely N-dealkylation sites (tertiary alicyclic amines) is 1. The fourth-order valence-electron chi connectivity index (χ4n) is 4.59. The zero-order chi connectivity index (χ0) is 20.8. The lowest BCUT2D eigenvalue weighted by atomic mass is 9.84. The Labute approximate surface area is 165 Å². The zero-order valence-corrected chi connectivity index (χ0v) is 16.9. The predicted molar refractivity (Wildman–Crippen MR) is 101 cm³/mol. The van der Waals surface area contributed by atoms with Crippen molar-refractivity contribution in [3.63, 3.8) is 0 Å². The van der Waals surface area contributed by atoms with E-state index in [0.717, 1.165) is 30.7 Å². The van der Waals surface area contributed by atoms with Crippen molar-refractivity contribution in [2.75, 3.05) is 6.61 Å². The van der Waals surface area contributed by atoms with Crippen molar-refractivity contribution in [2.24, 2.45) is 11.2 Å². The summed E-state index contributed by atoms with van der Waals surface area (Å²) in [5.41, 5.74) is 0. The van der Waals surface area contributed by atoms with Gasteiger partial charge in [0.25, 0.3) is 0 Å². The average molecular weight is 397 g/mol. The van der Waals surface area contributed by atoms with Crippen molar-refractivity contribution in [3.05, 3.63) is 4.91 Å². The van der Waals surface area contributed by atoms with E-state index in [9.17, 15) is 24.4 Å². The molecule has 1 aliphatic heterocycles. The Morgan fingerprint density at radius 3 is 2.50 bits per heavy atom. The second-order valence-corrected chi connectivity index (χ2v) is 7.64. The van der Waals surface area contributed by atoms with E-state index in [0.29, 0.717) is 19.3 Å². The van der Waals surface area contributed by atoms with Crippen molar-refractivity contribution >= 4 is 17.8 Å². The highest BCUT2D eigenvalue weighted by Gasteiger charge is 2.49. The summed E-state index contributed by atoms with van der Waals surface area (Å²) in [6.07, 6.45) is 5.00. The van der Waals surface area contributed by atoms with Crippen molar-refractivity contribution in [1.29, 1.82) is 0 Å². The Morgan fingerprint density at radius 2 is 1.93 bits per heavy atom. The van der Waals surface area contributed by atoms with Gasteiger partial charge in [-0.3, -0.25) is 4.79 Å². The number of ether oxygens (including phenoxy) is 1. The van der Waals surface area contributed by atoms with Gasteiger partial charge < -0.3 is 14.7 Å². The van der Waals surface area contributed by atoms with Gasteiger partial charge in [0.2, 0.25) is 5.91 Å². The van der Waals surface area contributed by atoms with Crippen LogP contribution in [0.1, 0.15) is 65.7 Å². The monoisotopic (exact) mass is 397 g/mol. The third-order valence-corrected chi connectivity index (χ3v) is 5.92. The first-order chi connectivity index (χ1) is 13.4. The van der Waals surface area contributed by atoms with Gasteiger partial charge in [0, 0.05) is 6.04 Å². The number of carboxylic acid groups (broad SMARTS) is 1. The van der Waals surface area contributed by atoms with Crippen LogP contribution in [0.3, 0.4) is 0 Å². The van der Waals surface area contributed by atoms with Crippen molar-refractivity contribution in [2.45, 2.75) is 89.9 Å². The molecule has 158 valence electrons. The van der Waals surface area contributed by atoms with Crippen LogP contribution in [0.2, 0.25) is 0 Å². The number of carbonyl (C=O) groups excluding carboxylic acids is 2. The molecule has 9 nitrogen and oxygen atoms in total. The molecular weight excluding hydrogens is 366 g/mol. The molecule has 9 heteroatoms. The highest BCUT2D eigenvalue weighted by atomic mass is 16.5. The maximum Gasteiger partial charge on any atom is 0.330 e. The van der Waals surface area contributed by atoms with E-state index in [-0.39, 0.29) is 18.6 Å². The Morgan fingerprint density at radius 1 is 1.25 bits per heavy atom. The lowest BCUT2D eigenvalue weighted by Crippen LogP contribution is -2.55. The maximum atomic E-state index is 13.3. The van der Waals surface area contributed by atoms with Crippen LogP contribution in [0.4, 0.5) is 0 Å². The number of esters is 1. The number of hydrogen-bond donors (Lipinski definition) is 1. The minimum Gasteiger partial charge on any atom is -0.480 e. The normalized spacial score (nSPS) is 26.1. The fraction of sp³-hybridized carbons (Fsp3) is 0.842. The van der Waals surface area contributed by atoms with Crippen LogP contribution in [0.25, 0.3) is 0 Å². The lowest BCUT2D eigenvalue weighted by Gasteiger charge is -2.37. The molecule has 0 unspecified atom stereocenters. The van der Waals surface area contributed by atoms with Crippen molar-refractivity contribution in [1.82, 2.24) is 9.91 Å². The van der Waals surface area contributed by atoms with Gasteiger partial charge in [0.1, 0.15) is 18.1 Å². The first-order valence-corrected chi connectivity index (χ1v) is 10.2. The Bertz CT molecular complexity index is 598. The molecule has 0 aromatic rings. The number of carbonyl (C=O) groups is 3. The molecule has 1 amide bonds. The lowest BCUT2D eigenvalue weighted by molar-refractivity contribution is -0.157. The molecule has 2 aliphatic rings. The summed E-state index contributed by atoms with van der Waals surface area (Å²) >= 11 is 0. The number of carboxylic acids is 1. The van der Waals surface area contributed by atoms with Crippen LogP contribution < -0.4 is 0 Å². The van der Waals surface area contributed by atoms with Gasteiger partial charge in [0.05, 0.1) is 11.9 Å². The van der Waals surface area contributed by atoms with E-state index in [1.807, 2.05) is 6.92 Å². The summed E-state index contributed by atoms with van der Waals surface area (Å²) < 4.78 is 5.04. The number of fused-ring (bicyclic) bond motifs is 1. The van der Waals surface area contributed by atoms with E-state index < -0.39 is 36.0 Å². The summed E-state index contributed by atoms with van der Waals surface area (Å²) in [7, 11) is 0. The molecular formula is C19H31N3O6. The maximum absolute atomic E-state index is 13.3. The van der Waals surface area contributed by atoms with Crippen LogP contribution in [0, 0.1) is 10.8 Å². The average Bonchev–Trinajstić information content (AvgIpc) is 3.07. The molecule has 0 bridgehead atoms. The SMILES string of the molecule is CCC[C@H](C(=O)OCC)N(N=O)[C@H](C)C(=O)N1[C@H](C(=O)O)C[C@@H]2CCCC[C@@H]21. The Hall–Kier alpha value is -2.19. The molecule has 28 heavy (non-hydrogen) atoms. The minimum absolute atomic E-state index is 0.134. The number of hydrogen-bond acceptors (Lipinski definition) is 6. The molecule has 1 heterocycles. The topological polar surface area (TPSA) is 117 Å². The fourth-order valence-corrected chi connectivity index (χ4v) is 4.59. The standard InChI is InChI=1S/C19H31N3O6/c1-4-8-15(19(26)28-5-2)22(20-27)12(3)17(23)21-14-10-7-6-9-13(14)11-16(21)18(24)25/h12-16H,4-11H2,1-3H3,(H,24,25)/t12-,13+,14+,15-,16+/m1/s1. The molecule has 1 saturated carbocycles. The first kappa shape index (κ1) is 22.1. The van der Waals surface area contributed by atoms with Crippen LogP contribution in [0.15, 0.2) is 5.29 Å². The number of amides is 1. The molecule has 0 spiro atoms. The molecule has 0 aromatic carbocycles. The summed E-state index contributed by atoms with van der Waals surface area (Å²) in [6, 6.07) is -3.04. The molecule has 2 fully saturated rings. The Balaban J connectivity index is 2.26. The van der Waals surface area contributed by atoms with E-state index in [4.69, 9.17) is 4.74 Å². The predicted octanol–water partition coefficient (Wildman–Crippen LogP) is 2.33. The van der Waals surface area contributed by atoms with Crippen LogP contribution >= 0.6 is 0 Å². The van der Waals surface area contributed by atoms with E-state index >= 15 is 0 Å². The quantitative estimate of drug-likeness (QED) is 0.360. The molecule has 2 rings (SSSR count). The summed E-state index contributed by atoms with van der Waals surface area (Å²) in [5.74, 6) is -1.93. The van der Waals surface area contributed by atoms with Gasteiger partial charge in [-0.25, -0.2) is 14.6 Å². The van der Waals surface area contributed by atoms with Gasteiger partial charge in [-0.1, -0.05) is 26.2 Å². The van der Waals surface area contributed by atoms with Crippen LogP contribution in [-0.2, 0) is 19.1 Å². The van der Waals surface area contributed by atoms with E-state index in [1.165, 1.54) is 11.8 Å². The smallest absolute Gasteiger partial charge is 0.330 e. The largest absolute Gasteiger partial charge is 0.480 e. The van der Waals surface area contributed by atoms with Crippen LogP contribution in [-0.4, -0.2) is 63.6 Å². The molecule has 1 aliphatic carbocycles. The number of rotatable bonds is 9. The molecule has 1 N–H and O–H groups in total. The molecule has 0 aromatic heterocycles. The van der Waals surface area contributed by atoms with Gasteiger partial charge in [-0.15, -0.1) is 4.91 Å². The highest BCUT2D eigenvalue weighted by Crippen LogP contribution is 2.40. The Kier molecular flexibility index (Phi) is 7.77. The summed E-state index contributed by atoms with van der Waals surface area (Å²) in [6.45, 7) is 5.18. The minimum atomic E-state index is -1.04. The molecule has 0 radical (unpaired) electrons. The highest BCUT2D eigenvalue weighted by molar-refractivity contribution is 5.88. The van der Waals surface area contributed by atoms with Crippen LogP contribution in [0.5, 0.6) is 0 Å². The third-order valence-electron chi connectivity index (χ3n) is 5.92. The second-order valence-electron chi connectivity index (χ2n) is 7.64. The van der Waals surface area contributed by atoms with Gasteiger partial charge in [0.15, 0.2) is 0 Å². The summed E-state index contributed by atoms with van der Waals surface area (Å²) in [4.78, 5) is 50.4. The zero-order valence-electron chi connectivity index (χ0n) is 16.9. The number of nitroso groups, excluding NO2 is 1. The molecule has 1 saturated heterocycles. The number of nitrogens with zero attached hydrogens (tertiary/aromatic N) is 3. The number of aliphatic carboxylic acids is 1.